The molecule has 3 aromatic carbocycles. The van der Waals surface area contributed by atoms with E-state index in [1.807, 2.05) is 12.1 Å². The van der Waals surface area contributed by atoms with Gasteiger partial charge in [0.05, 0.1) is 27.2 Å². The maximum absolute atomic E-state index is 14.0. The number of likely N-dealkylation sites (tertiary alicyclic amines) is 1. The maximum atomic E-state index is 14.0. The number of amides is 1. The van der Waals surface area contributed by atoms with E-state index in [1.165, 1.54) is 48.9 Å². The maximum Gasteiger partial charge on any atom is 0.293 e. The Morgan fingerprint density at radius 2 is 1.75 bits per heavy atom. The molecule has 2 aliphatic heterocycles. The van der Waals surface area contributed by atoms with Crippen LogP contribution in [0.5, 0.6) is 11.5 Å². The van der Waals surface area contributed by atoms with Gasteiger partial charge in [-0.2, -0.15) is 0 Å². The van der Waals surface area contributed by atoms with Crippen LogP contribution in [0.25, 0.3) is 11.0 Å². The number of aromatic nitrogens is 2. The number of piperidine rings is 1. The molecule has 9 rings (SSSR count). The van der Waals surface area contributed by atoms with Crippen molar-refractivity contribution in [2.45, 2.75) is 113 Å². The van der Waals surface area contributed by atoms with Crippen molar-refractivity contribution in [3.63, 3.8) is 0 Å². The third-order valence-corrected chi connectivity index (χ3v) is 16.3. The van der Waals surface area contributed by atoms with Gasteiger partial charge in [0.25, 0.3) is 21.6 Å². The van der Waals surface area contributed by atoms with Crippen molar-refractivity contribution in [1.82, 2.24) is 19.6 Å². The van der Waals surface area contributed by atoms with Crippen LogP contribution in [-0.4, -0.2) is 79.0 Å². The minimum atomic E-state index is -4.57. The van der Waals surface area contributed by atoms with E-state index >= 15 is 0 Å². The van der Waals surface area contributed by atoms with E-state index in [4.69, 9.17) is 9.47 Å². The van der Waals surface area contributed by atoms with Crippen LogP contribution in [-0.2, 0) is 14.8 Å². The molecule has 2 aliphatic carbocycles. The molecule has 1 spiro atoms. The van der Waals surface area contributed by atoms with Gasteiger partial charge in [-0.25, -0.2) is 18.1 Å². The van der Waals surface area contributed by atoms with Gasteiger partial charge in [-0.05, 0) is 136 Å². The second-order valence-electron chi connectivity index (χ2n) is 19.4. The second kappa shape index (κ2) is 18.0. The number of sulfonamides is 1. The predicted molar refractivity (Wildman–Crippen MR) is 252 cm³/mol. The first-order valence-corrected chi connectivity index (χ1v) is 24.7. The molecule has 2 saturated carbocycles. The quantitative estimate of drug-likeness (QED) is 0.0715. The fourth-order valence-electron chi connectivity index (χ4n) is 11.0. The molecule has 0 bridgehead atoms. The molecule has 4 fully saturated rings. The van der Waals surface area contributed by atoms with E-state index in [1.54, 1.807) is 37.7 Å². The molecule has 14 nitrogen and oxygen atoms in total. The highest BCUT2D eigenvalue weighted by molar-refractivity contribution is 7.90. The zero-order chi connectivity index (χ0) is 45.5. The van der Waals surface area contributed by atoms with Gasteiger partial charge in [0, 0.05) is 68.2 Å². The van der Waals surface area contributed by atoms with Crippen molar-refractivity contribution >= 4 is 44.0 Å². The largest absolute Gasteiger partial charge is 0.455 e. The molecule has 2 saturated heterocycles. The monoisotopic (exact) mass is 903 g/mol. The van der Waals surface area contributed by atoms with Gasteiger partial charge >= 0.3 is 0 Å². The normalized spacial score (nSPS) is 22.6. The van der Waals surface area contributed by atoms with Crippen LogP contribution in [0, 0.1) is 21.4 Å². The molecule has 1 atom stereocenters. The highest BCUT2D eigenvalue weighted by Gasteiger charge is 2.50. The van der Waals surface area contributed by atoms with E-state index in [-0.39, 0.29) is 17.0 Å². The molecule has 0 radical (unpaired) electrons. The van der Waals surface area contributed by atoms with Gasteiger partial charge in [0.1, 0.15) is 22.8 Å². The number of hydrogen-bond acceptors (Lipinski definition) is 11. The Kier molecular flexibility index (Phi) is 12.4. The molecule has 5 aromatic rings. The highest BCUT2D eigenvalue weighted by Crippen LogP contribution is 2.54. The van der Waals surface area contributed by atoms with E-state index in [9.17, 15) is 23.3 Å². The number of carbonyl (C=O) groups excluding carboxylic acids is 1. The second-order valence-corrected chi connectivity index (χ2v) is 21.1. The van der Waals surface area contributed by atoms with E-state index in [2.05, 4.69) is 74.8 Å². The highest BCUT2D eigenvalue weighted by atomic mass is 32.2. The number of H-pyrrole nitrogens is 1. The Hall–Kier alpha value is -5.51. The lowest BCUT2D eigenvalue weighted by Crippen LogP contribution is -2.54. The van der Waals surface area contributed by atoms with Crippen LogP contribution in [0.3, 0.4) is 0 Å². The first-order chi connectivity index (χ1) is 31.2. The summed E-state index contributed by atoms with van der Waals surface area (Å²) < 4.78 is 42.0. The summed E-state index contributed by atoms with van der Waals surface area (Å²) >= 11 is 0. The molecule has 3 N–H and O–H groups in total. The standard InChI is InChI=1S/C50H61N7O7S/c1-33(2)40-8-5-6-9-41(40)44-10-7-23-56(44)37-29-49(30-37)20-24-55(25-21-49)36-11-13-42(46(27-36)64-38-26-35-17-22-51-47(35)52-31-38)48(58)54-65(61,62)39-12-14-43(45(28-39)57(59)60)53-32-50(63-4)18-15-34(3)16-19-50/h5-6,8-9,11-14,17,22,26-28,31,33-34,37,44,53H,7,10,15-16,18-21,23-25,29-30,32H2,1-4H3,(H,51,52)(H,54,58)/t34?,44-,50?/m0/s1. The number of carbonyl (C=O) groups is 1. The summed E-state index contributed by atoms with van der Waals surface area (Å²) in [5, 5.41) is 16.2. The van der Waals surface area contributed by atoms with Crippen molar-refractivity contribution in [2.75, 3.05) is 43.5 Å². The van der Waals surface area contributed by atoms with Gasteiger partial charge in [-0.1, -0.05) is 45.0 Å². The first kappa shape index (κ1) is 44.7. The summed E-state index contributed by atoms with van der Waals surface area (Å²) in [6, 6.07) is 22.5. The van der Waals surface area contributed by atoms with E-state index < -0.39 is 37.0 Å². The lowest BCUT2D eigenvalue weighted by molar-refractivity contribution is -0.384. The summed E-state index contributed by atoms with van der Waals surface area (Å²) in [5.74, 6) is 0.671. The lowest BCUT2D eigenvalue weighted by atomic mass is 9.59. The minimum absolute atomic E-state index is 0.0135. The fourth-order valence-corrected chi connectivity index (χ4v) is 12.0. The molecule has 1 amide bonds. The van der Waals surface area contributed by atoms with Crippen molar-refractivity contribution in [1.29, 1.82) is 0 Å². The van der Waals surface area contributed by atoms with Crippen molar-refractivity contribution in [3.8, 4) is 11.5 Å². The lowest BCUT2D eigenvalue weighted by Gasteiger charge is -2.56. The number of benzene rings is 3. The van der Waals surface area contributed by atoms with Gasteiger partial charge in [0.2, 0.25) is 0 Å². The number of rotatable bonds is 14. The SMILES string of the molecule is COC1(CNc2ccc(S(=O)(=O)NC(=O)c3ccc(N4CCC5(CC4)CC(N4CCC[C@H]4c4ccccc4C(C)C)C5)cc3Oc3cnc4[nH]ccc4c3)cc2[N+](=O)[O-])CCC(C)CC1. The van der Waals surface area contributed by atoms with E-state index in [0.717, 1.165) is 75.3 Å². The zero-order valence-electron chi connectivity index (χ0n) is 37.8. The molecule has 344 valence electrons. The Morgan fingerprint density at radius 1 is 0.985 bits per heavy atom. The third kappa shape index (κ3) is 9.19. The Morgan fingerprint density at radius 3 is 2.49 bits per heavy atom. The minimum Gasteiger partial charge on any atom is -0.455 e. The van der Waals surface area contributed by atoms with Crippen molar-refractivity contribution < 1.29 is 27.6 Å². The molecule has 15 heteroatoms. The molecular weight excluding hydrogens is 843 g/mol. The molecule has 4 heterocycles. The summed E-state index contributed by atoms with van der Waals surface area (Å²) in [5.41, 5.74) is 4.05. The van der Waals surface area contributed by atoms with Crippen LogP contribution in [0.15, 0.2) is 90.1 Å². The number of nitro groups is 1. The number of hydrogen-bond donors (Lipinski definition) is 3. The summed E-state index contributed by atoms with van der Waals surface area (Å²) in [7, 11) is -2.92. The molecule has 0 unspecified atom stereocenters. The average molecular weight is 904 g/mol. The first-order valence-electron chi connectivity index (χ1n) is 23.2. The van der Waals surface area contributed by atoms with Crippen LogP contribution >= 0.6 is 0 Å². The zero-order valence-corrected chi connectivity index (χ0v) is 38.7. The Labute approximate surface area is 381 Å². The molecule has 4 aliphatic rings. The number of nitrogens with one attached hydrogen (secondary N) is 3. The Balaban J connectivity index is 0.903. The van der Waals surface area contributed by atoms with Crippen LogP contribution in [0.1, 0.15) is 118 Å². The number of fused-ring (bicyclic) bond motifs is 1. The van der Waals surface area contributed by atoms with Crippen LogP contribution in [0.2, 0.25) is 0 Å². The Bertz CT molecular complexity index is 2660. The number of pyridine rings is 1. The number of methoxy groups -OCH3 is 1. The molecule has 2 aromatic heterocycles. The van der Waals surface area contributed by atoms with Crippen LogP contribution in [0.4, 0.5) is 17.1 Å². The molecular formula is C50H61N7O7S. The van der Waals surface area contributed by atoms with E-state index in [0.29, 0.717) is 47.3 Å². The predicted octanol–water partition coefficient (Wildman–Crippen LogP) is 10.1. The van der Waals surface area contributed by atoms with Crippen molar-refractivity contribution in [2.24, 2.45) is 11.3 Å². The van der Waals surface area contributed by atoms with Gasteiger partial charge < -0.3 is 24.7 Å². The number of anilines is 2. The summed E-state index contributed by atoms with van der Waals surface area (Å²) in [4.78, 5) is 37.9. The smallest absolute Gasteiger partial charge is 0.293 e. The number of ether oxygens (including phenoxy) is 2. The summed E-state index contributed by atoms with van der Waals surface area (Å²) in [6.07, 6.45) is 13.9. The van der Waals surface area contributed by atoms with Crippen molar-refractivity contribution in [3.05, 3.63) is 112 Å². The van der Waals surface area contributed by atoms with Gasteiger partial charge in [0.15, 0.2) is 0 Å². The topological polar surface area (TPSA) is 172 Å². The summed E-state index contributed by atoms with van der Waals surface area (Å²) in [6.45, 7) is 9.95. The number of aromatic amines is 1. The number of nitrogens with zero attached hydrogens (tertiary/aromatic N) is 4. The van der Waals surface area contributed by atoms with Gasteiger partial charge in [-0.3, -0.25) is 19.8 Å². The molecule has 65 heavy (non-hydrogen) atoms. The fraction of sp³-hybridized carbons (Fsp3) is 0.480. The average Bonchev–Trinajstić information content (AvgIpc) is 3.98. The number of nitro benzene ring substituents is 1. The van der Waals surface area contributed by atoms with Gasteiger partial charge in [-0.15, -0.1) is 0 Å². The van der Waals surface area contributed by atoms with Crippen LogP contribution < -0.4 is 19.7 Å². The third-order valence-electron chi connectivity index (χ3n) is 15.0.